The van der Waals surface area contributed by atoms with Gasteiger partial charge in [-0.3, -0.25) is 4.90 Å². The van der Waals surface area contributed by atoms with E-state index < -0.39 is 0 Å². The third kappa shape index (κ3) is 2.79. The summed E-state index contributed by atoms with van der Waals surface area (Å²) in [5, 5.41) is 0. The van der Waals surface area contributed by atoms with E-state index in [-0.39, 0.29) is 0 Å². The van der Waals surface area contributed by atoms with Gasteiger partial charge >= 0.3 is 0 Å². The largest absolute Gasteiger partial charge is 0.478 e. The van der Waals surface area contributed by atoms with Gasteiger partial charge in [0, 0.05) is 49.7 Å². The average molecular weight is 257 g/mol. The second kappa shape index (κ2) is 5.45. The van der Waals surface area contributed by atoms with Gasteiger partial charge in [-0.25, -0.2) is 4.98 Å². The molecule has 1 aliphatic rings. The zero-order valence-corrected chi connectivity index (χ0v) is 11.2. The van der Waals surface area contributed by atoms with E-state index in [4.69, 9.17) is 4.74 Å². The fourth-order valence-corrected chi connectivity index (χ4v) is 2.67. The van der Waals surface area contributed by atoms with Gasteiger partial charge in [0.15, 0.2) is 0 Å². The van der Waals surface area contributed by atoms with Gasteiger partial charge in [0.25, 0.3) is 0 Å². The summed E-state index contributed by atoms with van der Waals surface area (Å²) in [5.74, 6) is 0.708. The summed E-state index contributed by atoms with van der Waals surface area (Å²) in [7, 11) is 2.17. The van der Waals surface area contributed by atoms with E-state index in [1.807, 2.05) is 18.2 Å². The van der Waals surface area contributed by atoms with Crippen molar-refractivity contribution in [1.29, 1.82) is 0 Å². The second-order valence-electron chi connectivity index (χ2n) is 5.06. The fourth-order valence-electron chi connectivity index (χ4n) is 2.67. The fraction of sp³-hybridized carbons (Fsp3) is 0.400. The van der Waals surface area contributed by atoms with Gasteiger partial charge in [-0.15, -0.1) is 0 Å². The van der Waals surface area contributed by atoms with E-state index in [1.54, 1.807) is 6.20 Å². The SMILES string of the molecule is CN1Cc2cccn2[C@@H](CCOc2ccccn2)C1. The van der Waals surface area contributed by atoms with Crippen LogP contribution in [0.15, 0.2) is 42.7 Å². The third-order valence-corrected chi connectivity index (χ3v) is 3.55. The lowest BCUT2D eigenvalue weighted by molar-refractivity contribution is 0.189. The Labute approximate surface area is 113 Å². The molecule has 0 unspecified atom stereocenters. The molecular formula is C15H19N3O. The lowest BCUT2D eigenvalue weighted by Gasteiger charge is -2.32. The Balaban J connectivity index is 1.59. The van der Waals surface area contributed by atoms with Crippen LogP contribution in [-0.4, -0.2) is 34.7 Å². The van der Waals surface area contributed by atoms with E-state index in [0.717, 1.165) is 19.5 Å². The number of pyridine rings is 1. The van der Waals surface area contributed by atoms with Crippen molar-refractivity contribution in [3.05, 3.63) is 48.4 Å². The van der Waals surface area contributed by atoms with Crippen LogP contribution in [0.2, 0.25) is 0 Å². The standard InChI is InChI=1S/C15H19N3O/c1-17-11-13-5-4-9-18(13)14(12-17)7-10-19-15-6-2-3-8-16-15/h2-6,8-9,14H,7,10-12H2,1H3/t14-/m0/s1. The van der Waals surface area contributed by atoms with E-state index in [9.17, 15) is 0 Å². The van der Waals surface area contributed by atoms with E-state index in [1.165, 1.54) is 5.69 Å². The van der Waals surface area contributed by atoms with Crippen LogP contribution < -0.4 is 4.74 Å². The van der Waals surface area contributed by atoms with Crippen LogP contribution in [0.3, 0.4) is 0 Å². The Hall–Kier alpha value is -1.81. The summed E-state index contributed by atoms with van der Waals surface area (Å²) in [6, 6.07) is 10.6. The number of fused-ring (bicyclic) bond motifs is 1. The Morgan fingerprint density at radius 1 is 1.32 bits per heavy atom. The molecule has 4 heteroatoms. The molecule has 0 radical (unpaired) electrons. The highest BCUT2D eigenvalue weighted by Gasteiger charge is 2.21. The van der Waals surface area contributed by atoms with E-state index in [0.29, 0.717) is 18.5 Å². The molecule has 0 amide bonds. The van der Waals surface area contributed by atoms with E-state index >= 15 is 0 Å². The number of nitrogens with zero attached hydrogens (tertiary/aromatic N) is 3. The molecule has 1 aliphatic heterocycles. The Morgan fingerprint density at radius 3 is 3.11 bits per heavy atom. The maximum atomic E-state index is 5.69. The maximum absolute atomic E-state index is 5.69. The van der Waals surface area contributed by atoms with Crippen LogP contribution in [0, 0.1) is 0 Å². The van der Waals surface area contributed by atoms with Crippen molar-refractivity contribution in [2.45, 2.75) is 19.0 Å². The van der Waals surface area contributed by atoms with Gasteiger partial charge in [0.2, 0.25) is 5.88 Å². The summed E-state index contributed by atoms with van der Waals surface area (Å²) in [6.07, 6.45) is 4.93. The molecule has 0 N–H and O–H groups in total. The van der Waals surface area contributed by atoms with Crippen LogP contribution in [0.1, 0.15) is 18.2 Å². The Bertz CT molecular complexity index is 523. The van der Waals surface area contributed by atoms with Gasteiger partial charge in [-0.05, 0) is 25.2 Å². The summed E-state index contributed by atoms with van der Waals surface area (Å²) < 4.78 is 8.07. The molecule has 19 heavy (non-hydrogen) atoms. The first-order valence-corrected chi connectivity index (χ1v) is 6.71. The number of hydrogen-bond acceptors (Lipinski definition) is 3. The van der Waals surface area contributed by atoms with Crippen LogP contribution in [0.25, 0.3) is 0 Å². The number of likely N-dealkylation sites (N-methyl/N-ethyl adjacent to an activating group) is 1. The Morgan fingerprint density at radius 2 is 2.26 bits per heavy atom. The normalized spacial score (nSPS) is 19.1. The van der Waals surface area contributed by atoms with Crippen molar-refractivity contribution in [3.63, 3.8) is 0 Å². The molecule has 100 valence electrons. The first-order chi connectivity index (χ1) is 9.33. The summed E-state index contributed by atoms with van der Waals surface area (Å²) in [6.45, 7) is 2.81. The van der Waals surface area contributed by atoms with Crippen LogP contribution in [0.4, 0.5) is 0 Å². The molecule has 0 aliphatic carbocycles. The molecule has 0 saturated carbocycles. The van der Waals surface area contributed by atoms with Gasteiger partial charge in [0.1, 0.15) is 0 Å². The van der Waals surface area contributed by atoms with Gasteiger partial charge in [-0.1, -0.05) is 6.07 Å². The highest BCUT2D eigenvalue weighted by molar-refractivity contribution is 5.11. The summed E-state index contributed by atoms with van der Waals surface area (Å²) in [5.41, 5.74) is 1.39. The predicted molar refractivity (Wildman–Crippen MR) is 74.2 cm³/mol. The number of hydrogen-bond donors (Lipinski definition) is 0. The quantitative estimate of drug-likeness (QED) is 0.842. The van der Waals surface area contributed by atoms with Crippen molar-refractivity contribution in [1.82, 2.24) is 14.5 Å². The van der Waals surface area contributed by atoms with Gasteiger partial charge in [-0.2, -0.15) is 0 Å². The van der Waals surface area contributed by atoms with Crippen molar-refractivity contribution in [2.75, 3.05) is 20.2 Å². The molecule has 4 nitrogen and oxygen atoms in total. The van der Waals surface area contributed by atoms with Crippen molar-refractivity contribution >= 4 is 0 Å². The predicted octanol–water partition coefficient (Wildman–Crippen LogP) is 2.34. The highest BCUT2D eigenvalue weighted by atomic mass is 16.5. The van der Waals surface area contributed by atoms with E-state index in [2.05, 4.69) is 39.8 Å². The van der Waals surface area contributed by atoms with Gasteiger partial charge in [0.05, 0.1) is 6.61 Å². The molecule has 1 atom stereocenters. The number of ether oxygens (including phenoxy) is 1. The molecule has 0 aromatic carbocycles. The number of aromatic nitrogens is 2. The average Bonchev–Trinajstić information content (AvgIpc) is 2.88. The van der Waals surface area contributed by atoms with Crippen molar-refractivity contribution in [3.8, 4) is 5.88 Å². The zero-order valence-electron chi connectivity index (χ0n) is 11.2. The first kappa shape index (κ1) is 12.2. The topological polar surface area (TPSA) is 30.3 Å². The minimum absolute atomic E-state index is 0.493. The smallest absolute Gasteiger partial charge is 0.213 e. The Kier molecular flexibility index (Phi) is 3.51. The number of rotatable bonds is 4. The molecule has 3 heterocycles. The second-order valence-corrected chi connectivity index (χ2v) is 5.06. The molecule has 2 aromatic rings. The molecule has 0 bridgehead atoms. The molecule has 3 rings (SSSR count). The van der Waals surface area contributed by atoms with Crippen molar-refractivity contribution < 1.29 is 4.74 Å². The summed E-state index contributed by atoms with van der Waals surface area (Å²) in [4.78, 5) is 6.53. The summed E-state index contributed by atoms with van der Waals surface area (Å²) >= 11 is 0. The monoisotopic (exact) mass is 257 g/mol. The molecule has 0 spiro atoms. The molecular weight excluding hydrogens is 238 g/mol. The van der Waals surface area contributed by atoms with Crippen molar-refractivity contribution in [2.24, 2.45) is 0 Å². The van der Waals surface area contributed by atoms with Crippen LogP contribution in [-0.2, 0) is 6.54 Å². The molecule has 0 saturated heterocycles. The zero-order chi connectivity index (χ0) is 13.1. The first-order valence-electron chi connectivity index (χ1n) is 6.71. The highest BCUT2D eigenvalue weighted by Crippen LogP contribution is 2.23. The van der Waals surface area contributed by atoms with Crippen LogP contribution >= 0.6 is 0 Å². The lowest BCUT2D eigenvalue weighted by Crippen LogP contribution is -2.34. The van der Waals surface area contributed by atoms with Crippen LogP contribution in [0.5, 0.6) is 5.88 Å². The minimum Gasteiger partial charge on any atom is -0.478 e. The minimum atomic E-state index is 0.493. The lowest BCUT2D eigenvalue weighted by atomic mass is 10.1. The van der Waals surface area contributed by atoms with Gasteiger partial charge < -0.3 is 9.30 Å². The third-order valence-electron chi connectivity index (χ3n) is 3.55. The molecule has 0 fully saturated rings. The maximum Gasteiger partial charge on any atom is 0.213 e. The molecule has 2 aromatic heterocycles.